The number of aromatic nitrogens is 1. The van der Waals surface area contributed by atoms with Crippen molar-refractivity contribution >= 4 is 17.3 Å². The summed E-state index contributed by atoms with van der Waals surface area (Å²) in [6.45, 7) is 1.45. The van der Waals surface area contributed by atoms with E-state index < -0.39 is 4.92 Å². The fourth-order valence-corrected chi connectivity index (χ4v) is 1.51. The Labute approximate surface area is 110 Å². The Kier molecular flexibility index (Phi) is 5.50. The van der Waals surface area contributed by atoms with Crippen molar-refractivity contribution in [2.24, 2.45) is 0 Å². The summed E-state index contributed by atoms with van der Waals surface area (Å²) < 4.78 is 4.97. The van der Waals surface area contributed by atoms with E-state index in [0.29, 0.717) is 31.9 Å². The Morgan fingerprint density at radius 3 is 2.84 bits per heavy atom. The van der Waals surface area contributed by atoms with E-state index in [9.17, 15) is 10.1 Å². The van der Waals surface area contributed by atoms with Gasteiger partial charge in [0.05, 0.1) is 24.0 Å². The first-order valence-corrected chi connectivity index (χ1v) is 5.62. The van der Waals surface area contributed by atoms with Crippen molar-refractivity contribution in [1.82, 2.24) is 4.98 Å². The van der Waals surface area contributed by atoms with Gasteiger partial charge in [0.15, 0.2) is 0 Å². The lowest BCUT2D eigenvalue weighted by Crippen LogP contribution is -2.29. The average Bonchev–Trinajstić information content (AvgIpc) is 2.38. The molecule has 0 bridgehead atoms. The number of nitro groups is 1. The van der Waals surface area contributed by atoms with Crippen molar-refractivity contribution < 1.29 is 9.66 Å². The highest BCUT2D eigenvalue weighted by atomic mass is 16.6. The molecule has 1 rings (SSSR count). The largest absolute Gasteiger partial charge is 0.383 e. The van der Waals surface area contributed by atoms with Gasteiger partial charge in [-0.2, -0.15) is 5.26 Å². The molecule has 2 N–H and O–H groups in total. The van der Waals surface area contributed by atoms with Gasteiger partial charge in [0.1, 0.15) is 5.82 Å². The summed E-state index contributed by atoms with van der Waals surface area (Å²) in [5, 5.41) is 19.3. The minimum absolute atomic E-state index is 0.137. The van der Waals surface area contributed by atoms with Crippen LogP contribution in [-0.2, 0) is 4.74 Å². The fraction of sp³-hybridized carbons (Fsp3) is 0.455. The zero-order chi connectivity index (χ0) is 14.3. The van der Waals surface area contributed by atoms with Crippen molar-refractivity contribution in [2.45, 2.75) is 6.42 Å². The second-order valence-corrected chi connectivity index (χ2v) is 3.72. The first-order chi connectivity index (χ1) is 9.10. The topological polar surface area (TPSA) is 118 Å². The van der Waals surface area contributed by atoms with Crippen molar-refractivity contribution in [3.63, 3.8) is 0 Å². The number of nitriles is 1. The van der Waals surface area contributed by atoms with Crippen molar-refractivity contribution in [2.75, 3.05) is 37.4 Å². The number of nitrogens with two attached hydrogens (primary N) is 1. The number of hydrogen-bond acceptors (Lipinski definition) is 7. The molecule has 8 nitrogen and oxygen atoms in total. The van der Waals surface area contributed by atoms with Crippen molar-refractivity contribution in [3.05, 3.63) is 22.2 Å². The van der Waals surface area contributed by atoms with Crippen LogP contribution in [-0.4, -0.2) is 36.7 Å². The molecule has 102 valence electrons. The smallest absolute Gasteiger partial charge is 0.311 e. The maximum absolute atomic E-state index is 10.7. The molecule has 0 aliphatic rings. The molecule has 1 aromatic rings. The van der Waals surface area contributed by atoms with Gasteiger partial charge in [0.2, 0.25) is 5.82 Å². The summed E-state index contributed by atoms with van der Waals surface area (Å²) in [7, 11) is 1.57. The van der Waals surface area contributed by atoms with Crippen LogP contribution in [0.4, 0.5) is 17.3 Å². The maximum atomic E-state index is 10.7. The van der Waals surface area contributed by atoms with E-state index >= 15 is 0 Å². The Bertz CT molecular complexity index is 486. The third kappa shape index (κ3) is 4.08. The second-order valence-electron chi connectivity index (χ2n) is 3.72. The van der Waals surface area contributed by atoms with E-state index in [0.717, 1.165) is 0 Å². The van der Waals surface area contributed by atoms with Crippen molar-refractivity contribution in [1.29, 1.82) is 5.26 Å². The predicted molar refractivity (Wildman–Crippen MR) is 69.6 cm³/mol. The number of methoxy groups -OCH3 is 1. The SMILES string of the molecule is COCCN(CCC#N)c1ccc([N+](=O)[O-])c(N)n1. The van der Waals surface area contributed by atoms with Crippen LogP contribution in [0.5, 0.6) is 0 Å². The highest BCUT2D eigenvalue weighted by Gasteiger charge is 2.15. The first kappa shape index (κ1) is 14.7. The summed E-state index contributed by atoms with van der Waals surface area (Å²) in [6, 6.07) is 4.86. The summed E-state index contributed by atoms with van der Waals surface area (Å²) in [6.07, 6.45) is 0.322. The molecular formula is C11H15N5O3. The van der Waals surface area contributed by atoms with Crippen LogP contribution in [0.2, 0.25) is 0 Å². The molecule has 0 atom stereocenters. The number of pyridine rings is 1. The van der Waals surface area contributed by atoms with Gasteiger partial charge >= 0.3 is 5.69 Å². The zero-order valence-electron chi connectivity index (χ0n) is 10.6. The van der Waals surface area contributed by atoms with Crippen LogP contribution >= 0.6 is 0 Å². The normalized spacial score (nSPS) is 9.89. The minimum atomic E-state index is -0.582. The summed E-state index contributed by atoms with van der Waals surface area (Å²) >= 11 is 0. The second kappa shape index (κ2) is 7.13. The minimum Gasteiger partial charge on any atom is -0.383 e. The molecule has 0 spiro atoms. The number of anilines is 2. The molecule has 0 radical (unpaired) electrons. The van der Waals surface area contributed by atoms with E-state index in [4.69, 9.17) is 15.7 Å². The van der Waals surface area contributed by atoms with Gasteiger partial charge in [-0.1, -0.05) is 0 Å². The Morgan fingerprint density at radius 2 is 2.32 bits per heavy atom. The van der Waals surface area contributed by atoms with Gasteiger partial charge in [-0.05, 0) is 6.07 Å². The Morgan fingerprint density at radius 1 is 1.58 bits per heavy atom. The van der Waals surface area contributed by atoms with Crippen LogP contribution in [0.15, 0.2) is 12.1 Å². The van der Waals surface area contributed by atoms with E-state index in [-0.39, 0.29) is 11.5 Å². The molecule has 0 amide bonds. The number of nitrogens with zero attached hydrogens (tertiary/aromatic N) is 4. The number of ether oxygens (including phenoxy) is 1. The summed E-state index contributed by atoms with van der Waals surface area (Å²) in [5.41, 5.74) is 5.32. The molecule has 8 heteroatoms. The molecule has 0 aromatic carbocycles. The lowest BCUT2D eigenvalue weighted by molar-refractivity contribution is -0.384. The summed E-state index contributed by atoms with van der Waals surface area (Å²) in [5.74, 6) is 0.359. The lowest BCUT2D eigenvalue weighted by Gasteiger charge is -2.22. The molecular weight excluding hydrogens is 250 g/mol. The maximum Gasteiger partial charge on any atom is 0.311 e. The third-order valence-electron chi connectivity index (χ3n) is 2.47. The van der Waals surface area contributed by atoms with E-state index in [2.05, 4.69) is 4.98 Å². The average molecular weight is 265 g/mol. The van der Waals surface area contributed by atoms with E-state index in [1.54, 1.807) is 12.0 Å². The van der Waals surface area contributed by atoms with Gasteiger partial charge in [-0.3, -0.25) is 10.1 Å². The molecule has 0 aliphatic heterocycles. The standard InChI is InChI=1S/C11H15N5O3/c1-19-8-7-15(6-2-5-12)10-4-3-9(16(17)18)11(13)14-10/h3-4H,2,6-8H2,1H3,(H2,13,14). The Balaban J connectivity index is 2.92. The van der Waals surface area contributed by atoms with Crippen LogP contribution in [0, 0.1) is 21.4 Å². The van der Waals surface area contributed by atoms with Gasteiger partial charge in [0.25, 0.3) is 0 Å². The fourth-order valence-electron chi connectivity index (χ4n) is 1.51. The lowest BCUT2D eigenvalue weighted by atomic mass is 10.3. The molecule has 0 aliphatic carbocycles. The molecule has 1 aromatic heterocycles. The number of rotatable bonds is 7. The van der Waals surface area contributed by atoms with Gasteiger partial charge in [-0.25, -0.2) is 4.98 Å². The Hall–Kier alpha value is -2.40. The van der Waals surface area contributed by atoms with Crippen LogP contribution in [0.3, 0.4) is 0 Å². The van der Waals surface area contributed by atoms with Crippen LogP contribution in [0.1, 0.15) is 6.42 Å². The quantitative estimate of drug-likeness (QED) is 0.575. The van der Waals surface area contributed by atoms with Gasteiger partial charge < -0.3 is 15.4 Å². The molecule has 0 fully saturated rings. The van der Waals surface area contributed by atoms with Crippen LogP contribution in [0.25, 0.3) is 0 Å². The molecule has 1 heterocycles. The van der Waals surface area contributed by atoms with Crippen LogP contribution < -0.4 is 10.6 Å². The van der Waals surface area contributed by atoms with E-state index in [1.165, 1.54) is 12.1 Å². The van der Waals surface area contributed by atoms with Gasteiger partial charge in [0, 0.05) is 26.3 Å². The summed E-state index contributed by atoms with van der Waals surface area (Å²) in [4.78, 5) is 15.9. The molecule has 0 unspecified atom stereocenters. The first-order valence-electron chi connectivity index (χ1n) is 5.62. The third-order valence-corrected chi connectivity index (χ3v) is 2.47. The molecule has 19 heavy (non-hydrogen) atoms. The molecule has 0 saturated carbocycles. The number of hydrogen-bond donors (Lipinski definition) is 1. The molecule has 0 saturated heterocycles. The highest BCUT2D eigenvalue weighted by Crippen LogP contribution is 2.22. The van der Waals surface area contributed by atoms with E-state index in [1.807, 2.05) is 6.07 Å². The highest BCUT2D eigenvalue weighted by molar-refractivity contribution is 5.58. The van der Waals surface area contributed by atoms with Crippen molar-refractivity contribution in [3.8, 4) is 6.07 Å². The zero-order valence-corrected chi connectivity index (χ0v) is 10.6. The monoisotopic (exact) mass is 265 g/mol. The van der Waals surface area contributed by atoms with Gasteiger partial charge in [-0.15, -0.1) is 0 Å². The predicted octanol–water partition coefficient (Wildman–Crippen LogP) is 0.938. The number of nitrogen functional groups attached to an aromatic ring is 1.